The van der Waals surface area contributed by atoms with Gasteiger partial charge in [0.25, 0.3) is 0 Å². The maximum atomic E-state index is 13.4. The van der Waals surface area contributed by atoms with E-state index in [2.05, 4.69) is 58.9 Å². The van der Waals surface area contributed by atoms with Gasteiger partial charge in [-0.2, -0.15) is 0 Å². The van der Waals surface area contributed by atoms with Crippen LogP contribution in [0.5, 0.6) is 0 Å². The van der Waals surface area contributed by atoms with Crippen LogP contribution in [0.2, 0.25) is 0 Å². The second kappa shape index (κ2) is 7.69. The predicted molar refractivity (Wildman–Crippen MR) is 148 cm³/mol. The van der Waals surface area contributed by atoms with Gasteiger partial charge >= 0.3 is 0 Å². The van der Waals surface area contributed by atoms with Gasteiger partial charge in [0.05, 0.1) is 32.0 Å². The van der Waals surface area contributed by atoms with Crippen molar-refractivity contribution in [3.63, 3.8) is 0 Å². The number of ether oxygens (including phenoxy) is 4. The first-order valence-corrected chi connectivity index (χ1v) is 15.8. The zero-order valence-electron chi connectivity index (χ0n) is 24.7. The van der Waals surface area contributed by atoms with Crippen molar-refractivity contribution in [3.8, 4) is 0 Å². The fourth-order valence-corrected chi connectivity index (χ4v) is 11.8. The Kier molecular flexibility index (Phi) is 5.07. The largest absolute Gasteiger partial charge is 0.385 e. The van der Waals surface area contributed by atoms with Gasteiger partial charge in [0, 0.05) is 30.6 Å². The normalized spacial score (nSPS) is 49.0. The average molecular weight is 537 g/mol. The first-order valence-electron chi connectivity index (χ1n) is 15.8. The molecule has 1 N–H and O–H groups in total. The molecule has 1 aromatic carbocycles. The number of hydrogen-bond acceptors (Lipinski definition) is 5. The van der Waals surface area contributed by atoms with E-state index in [0.717, 1.165) is 50.9 Å². The Balaban J connectivity index is 1.27. The Bertz CT molecular complexity index is 1160. The molecule has 0 radical (unpaired) electrons. The van der Waals surface area contributed by atoms with Crippen molar-refractivity contribution in [2.24, 2.45) is 39.9 Å². The summed E-state index contributed by atoms with van der Waals surface area (Å²) in [4.78, 5) is 0. The minimum atomic E-state index is -0.934. The molecule has 3 spiro atoms. The highest BCUT2D eigenvalue weighted by molar-refractivity contribution is 5.36. The molecule has 8 atom stereocenters. The summed E-state index contributed by atoms with van der Waals surface area (Å²) in [6, 6.07) is 9.03. The van der Waals surface area contributed by atoms with Crippen LogP contribution >= 0.6 is 0 Å². The van der Waals surface area contributed by atoms with E-state index in [1.807, 2.05) is 0 Å². The van der Waals surface area contributed by atoms with Crippen LogP contribution in [-0.4, -0.2) is 43.1 Å². The predicted octanol–water partition coefficient (Wildman–Crippen LogP) is 6.31. The lowest BCUT2D eigenvalue weighted by Gasteiger charge is -2.67. The molecule has 7 fully saturated rings. The molecule has 5 nitrogen and oxygen atoms in total. The third-order valence-electron chi connectivity index (χ3n) is 13.6. The number of fused-ring (bicyclic) bond motifs is 5. The smallest absolute Gasteiger partial charge is 0.174 e. The standard InChI is InChI=1S/C34H48O5/c1-28(2,3)22-6-8-23(9-7-22)33(35)20-30(5)26(10-11-34(30)38-16-17-39-34)25-18-24-19-31(24)21-32(36-14-15-37-32)13-12-29(31,4)27(25)33/h6-9,24-27,35H,10-21H2,1-5H3/t24-,25+,26+,27+,29-,30+,31-,33-/m1/s1. The molecule has 8 rings (SSSR count). The first-order chi connectivity index (χ1) is 18.4. The summed E-state index contributed by atoms with van der Waals surface area (Å²) in [5.41, 5.74) is 1.60. The maximum absolute atomic E-state index is 13.4. The van der Waals surface area contributed by atoms with Gasteiger partial charge in [0.2, 0.25) is 0 Å². The Hall–Kier alpha value is -0.980. The Labute approximate surface area is 234 Å². The van der Waals surface area contributed by atoms with Gasteiger partial charge in [0.1, 0.15) is 0 Å². The summed E-state index contributed by atoms with van der Waals surface area (Å²) in [5.74, 6) is 0.944. The Morgan fingerprint density at radius 2 is 1.49 bits per heavy atom. The molecule has 5 aliphatic carbocycles. The molecule has 1 aromatic rings. The van der Waals surface area contributed by atoms with Crippen molar-refractivity contribution in [2.45, 2.75) is 109 Å². The van der Waals surface area contributed by atoms with Crippen molar-refractivity contribution < 1.29 is 24.1 Å². The number of rotatable bonds is 1. The van der Waals surface area contributed by atoms with Crippen molar-refractivity contribution >= 4 is 0 Å². The van der Waals surface area contributed by atoms with Crippen LogP contribution in [0.1, 0.15) is 97.1 Å². The lowest BCUT2D eigenvalue weighted by atomic mass is 9.39. The van der Waals surface area contributed by atoms with E-state index in [4.69, 9.17) is 18.9 Å². The Morgan fingerprint density at radius 1 is 0.821 bits per heavy atom. The second-order valence-corrected chi connectivity index (χ2v) is 16.1. The number of hydrogen-bond donors (Lipinski definition) is 1. The van der Waals surface area contributed by atoms with E-state index in [1.54, 1.807) is 0 Å². The summed E-state index contributed by atoms with van der Waals surface area (Å²) in [7, 11) is 0. The average Bonchev–Trinajstić information content (AvgIpc) is 3.23. The summed E-state index contributed by atoms with van der Waals surface area (Å²) in [6.07, 6.45) is 8.26. The molecule has 39 heavy (non-hydrogen) atoms. The van der Waals surface area contributed by atoms with Gasteiger partial charge in [-0.25, -0.2) is 0 Å². The van der Waals surface area contributed by atoms with E-state index >= 15 is 0 Å². The molecule has 2 saturated heterocycles. The molecule has 2 aliphatic heterocycles. The topological polar surface area (TPSA) is 57.2 Å². The minimum absolute atomic E-state index is 0.0487. The van der Waals surface area contributed by atoms with E-state index in [0.29, 0.717) is 37.4 Å². The molecule has 0 aromatic heterocycles. The van der Waals surface area contributed by atoms with Crippen LogP contribution in [0.3, 0.4) is 0 Å². The highest BCUT2D eigenvalue weighted by atomic mass is 16.7. The number of aliphatic hydroxyl groups is 1. The SMILES string of the molecule is CC(C)(C)c1ccc([C@]2(O)C[C@@]3(C)[C@@H](CCC34OCCO4)[C@@H]3C[C@@H]4C[C@@]45CC4(CC[C@]5(C)[C@H]32)OCCO4)cc1. The molecule has 0 bridgehead atoms. The molecule has 5 heteroatoms. The Morgan fingerprint density at radius 3 is 2.15 bits per heavy atom. The van der Waals surface area contributed by atoms with E-state index in [1.165, 1.54) is 18.4 Å². The van der Waals surface area contributed by atoms with Gasteiger partial charge in [-0.3, -0.25) is 0 Å². The van der Waals surface area contributed by atoms with Crippen LogP contribution in [0.4, 0.5) is 0 Å². The molecular formula is C34H48O5. The number of benzene rings is 1. The van der Waals surface area contributed by atoms with E-state index < -0.39 is 11.4 Å². The lowest BCUT2D eigenvalue weighted by molar-refractivity contribution is -0.303. The van der Waals surface area contributed by atoms with Gasteiger partial charge in [-0.1, -0.05) is 58.9 Å². The molecule has 5 saturated carbocycles. The maximum Gasteiger partial charge on any atom is 0.174 e. The van der Waals surface area contributed by atoms with Crippen molar-refractivity contribution in [1.82, 2.24) is 0 Å². The third-order valence-corrected chi connectivity index (χ3v) is 13.6. The van der Waals surface area contributed by atoms with Gasteiger partial charge in [-0.05, 0) is 77.2 Å². The minimum Gasteiger partial charge on any atom is -0.385 e. The lowest BCUT2D eigenvalue weighted by Crippen LogP contribution is -2.66. The van der Waals surface area contributed by atoms with Crippen LogP contribution < -0.4 is 0 Å². The molecule has 214 valence electrons. The van der Waals surface area contributed by atoms with Crippen molar-refractivity contribution in [3.05, 3.63) is 35.4 Å². The summed E-state index contributed by atoms with van der Waals surface area (Å²) < 4.78 is 25.7. The monoisotopic (exact) mass is 536 g/mol. The highest BCUT2D eigenvalue weighted by Gasteiger charge is 2.81. The van der Waals surface area contributed by atoms with Gasteiger partial charge < -0.3 is 24.1 Å². The quantitative estimate of drug-likeness (QED) is 0.456. The van der Waals surface area contributed by atoms with Crippen LogP contribution in [0.25, 0.3) is 0 Å². The summed E-state index contributed by atoms with van der Waals surface area (Å²) in [6.45, 7) is 14.5. The van der Waals surface area contributed by atoms with Crippen LogP contribution in [0.15, 0.2) is 24.3 Å². The van der Waals surface area contributed by atoms with Gasteiger partial charge in [-0.15, -0.1) is 0 Å². The fraction of sp³-hybridized carbons (Fsp3) is 0.824. The molecule has 0 amide bonds. The highest BCUT2D eigenvalue weighted by Crippen LogP contribution is 2.84. The van der Waals surface area contributed by atoms with E-state index in [-0.39, 0.29) is 33.4 Å². The molecule has 2 heterocycles. The van der Waals surface area contributed by atoms with Crippen LogP contribution in [-0.2, 0) is 30.0 Å². The summed E-state index contributed by atoms with van der Waals surface area (Å²) in [5, 5.41) is 13.4. The molecular weight excluding hydrogens is 488 g/mol. The van der Waals surface area contributed by atoms with E-state index in [9.17, 15) is 5.11 Å². The van der Waals surface area contributed by atoms with Crippen molar-refractivity contribution in [2.75, 3.05) is 26.4 Å². The molecule has 0 unspecified atom stereocenters. The summed E-state index contributed by atoms with van der Waals surface area (Å²) >= 11 is 0. The molecule has 7 aliphatic rings. The van der Waals surface area contributed by atoms with Crippen LogP contribution in [0, 0.1) is 39.9 Å². The van der Waals surface area contributed by atoms with Gasteiger partial charge in [0.15, 0.2) is 11.6 Å². The first kappa shape index (κ1) is 25.7. The third kappa shape index (κ3) is 3.10. The second-order valence-electron chi connectivity index (χ2n) is 16.1. The zero-order chi connectivity index (χ0) is 27.1. The van der Waals surface area contributed by atoms with Crippen molar-refractivity contribution in [1.29, 1.82) is 0 Å². The fourth-order valence-electron chi connectivity index (χ4n) is 11.8. The zero-order valence-corrected chi connectivity index (χ0v) is 24.7.